The molecule has 0 unspecified atom stereocenters. The van der Waals surface area contributed by atoms with Crippen molar-refractivity contribution in [3.8, 4) is 11.5 Å². The first-order valence-corrected chi connectivity index (χ1v) is 5.77. The van der Waals surface area contributed by atoms with Crippen molar-refractivity contribution in [3.05, 3.63) is 46.2 Å². The zero-order chi connectivity index (χ0) is 12.3. The summed E-state index contributed by atoms with van der Waals surface area (Å²) < 4.78 is 4.99. The fourth-order valence-corrected chi connectivity index (χ4v) is 2.21. The molecule has 1 heterocycles. The van der Waals surface area contributed by atoms with Crippen LogP contribution in [0.4, 0.5) is 0 Å². The summed E-state index contributed by atoms with van der Waals surface area (Å²) in [7, 11) is 1.52. The second kappa shape index (κ2) is 4.88. The number of hydrogen-bond donors (Lipinski definition) is 2. The van der Waals surface area contributed by atoms with Crippen LogP contribution in [0, 0.1) is 0 Å². The molecule has 0 aliphatic carbocycles. The lowest BCUT2D eigenvalue weighted by molar-refractivity contribution is 0.319. The Hall–Kier alpha value is -2.01. The third-order valence-corrected chi connectivity index (χ3v) is 3.19. The molecule has 2 N–H and O–H groups in total. The molecule has 0 atom stereocenters. The number of ether oxygens (including phenoxy) is 1. The van der Waals surface area contributed by atoms with E-state index in [1.807, 2.05) is 17.5 Å². The number of phenolic OH excluding ortho intramolecular Hbond substituents is 1. The van der Waals surface area contributed by atoms with Crippen LogP contribution < -0.4 is 4.74 Å². The lowest BCUT2D eigenvalue weighted by atomic mass is 10.1. The first-order chi connectivity index (χ1) is 8.26. The van der Waals surface area contributed by atoms with E-state index >= 15 is 0 Å². The van der Waals surface area contributed by atoms with E-state index in [1.165, 1.54) is 24.5 Å². The van der Waals surface area contributed by atoms with Crippen LogP contribution in [0.25, 0.3) is 0 Å². The molecule has 4 nitrogen and oxygen atoms in total. The van der Waals surface area contributed by atoms with E-state index in [9.17, 15) is 5.11 Å². The Morgan fingerprint density at radius 1 is 1.35 bits per heavy atom. The minimum atomic E-state index is 0.0190. The van der Waals surface area contributed by atoms with E-state index in [2.05, 4.69) is 5.16 Å². The van der Waals surface area contributed by atoms with Crippen LogP contribution in [0.2, 0.25) is 0 Å². The molecule has 17 heavy (non-hydrogen) atoms. The van der Waals surface area contributed by atoms with E-state index in [1.54, 1.807) is 12.1 Å². The van der Waals surface area contributed by atoms with Crippen LogP contribution >= 0.6 is 11.3 Å². The van der Waals surface area contributed by atoms with Crippen LogP contribution in [-0.2, 0) is 0 Å². The first-order valence-electron chi connectivity index (χ1n) is 4.89. The molecule has 0 aliphatic heterocycles. The highest BCUT2D eigenvalue weighted by atomic mass is 32.1. The quantitative estimate of drug-likeness (QED) is 0.499. The number of rotatable bonds is 3. The van der Waals surface area contributed by atoms with Crippen molar-refractivity contribution in [3.63, 3.8) is 0 Å². The van der Waals surface area contributed by atoms with Crippen molar-refractivity contribution in [2.45, 2.75) is 0 Å². The molecule has 2 rings (SSSR count). The van der Waals surface area contributed by atoms with Crippen LogP contribution in [0.5, 0.6) is 11.5 Å². The van der Waals surface area contributed by atoms with E-state index in [4.69, 9.17) is 9.94 Å². The smallest absolute Gasteiger partial charge is 0.130 e. The van der Waals surface area contributed by atoms with Gasteiger partial charge in [0.25, 0.3) is 0 Å². The van der Waals surface area contributed by atoms with Crippen molar-refractivity contribution < 1.29 is 15.1 Å². The first kappa shape index (κ1) is 11.5. The van der Waals surface area contributed by atoms with Gasteiger partial charge >= 0.3 is 0 Å². The van der Waals surface area contributed by atoms with E-state index in [0.29, 0.717) is 17.0 Å². The molecule has 88 valence electrons. The van der Waals surface area contributed by atoms with Gasteiger partial charge in [-0.1, -0.05) is 11.2 Å². The predicted molar refractivity (Wildman–Crippen MR) is 66.4 cm³/mol. The Morgan fingerprint density at radius 3 is 2.71 bits per heavy atom. The number of benzene rings is 1. The van der Waals surface area contributed by atoms with Gasteiger partial charge < -0.3 is 15.1 Å². The summed E-state index contributed by atoms with van der Waals surface area (Å²) in [5, 5.41) is 24.0. The molecule has 0 aliphatic rings. The molecule has 0 bridgehead atoms. The normalized spacial score (nSPS) is 11.5. The second-order valence-corrected chi connectivity index (χ2v) is 4.26. The van der Waals surface area contributed by atoms with Gasteiger partial charge in [0, 0.05) is 11.6 Å². The molecule has 0 spiro atoms. The van der Waals surface area contributed by atoms with Gasteiger partial charge in [-0.15, -0.1) is 11.3 Å². The van der Waals surface area contributed by atoms with Crippen molar-refractivity contribution in [2.75, 3.05) is 7.11 Å². The molecule has 2 aromatic rings. The number of hydrogen-bond acceptors (Lipinski definition) is 5. The molecule has 0 saturated carbocycles. The molecule has 0 amide bonds. The zero-order valence-electron chi connectivity index (χ0n) is 9.12. The van der Waals surface area contributed by atoms with Crippen LogP contribution in [0.15, 0.2) is 40.9 Å². The summed E-state index contributed by atoms with van der Waals surface area (Å²) in [4.78, 5) is 0.785. The standard InChI is InChI=1S/C12H11NO3S/c1-16-8-4-5-9(10(14)7-8)12(13-15)11-3-2-6-17-11/h2-7,14-15H,1H3/b13-12-. The van der Waals surface area contributed by atoms with Gasteiger partial charge in [0.15, 0.2) is 0 Å². The Bertz CT molecular complexity index is 535. The van der Waals surface area contributed by atoms with Gasteiger partial charge in [0.2, 0.25) is 0 Å². The maximum Gasteiger partial charge on any atom is 0.130 e. The highest BCUT2D eigenvalue weighted by molar-refractivity contribution is 7.12. The van der Waals surface area contributed by atoms with E-state index < -0.39 is 0 Å². The monoisotopic (exact) mass is 249 g/mol. The maximum absolute atomic E-state index is 9.86. The van der Waals surface area contributed by atoms with E-state index in [0.717, 1.165) is 4.88 Å². The van der Waals surface area contributed by atoms with Gasteiger partial charge in [-0.25, -0.2) is 0 Å². The number of nitrogens with zero attached hydrogens (tertiary/aromatic N) is 1. The largest absolute Gasteiger partial charge is 0.507 e. The fraction of sp³-hybridized carbons (Fsp3) is 0.0833. The second-order valence-electron chi connectivity index (χ2n) is 3.31. The minimum absolute atomic E-state index is 0.0190. The van der Waals surface area contributed by atoms with Gasteiger partial charge in [0.1, 0.15) is 17.2 Å². The van der Waals surface area contributed by atoms with E-state index in [-0.39, 0.29) is 5.75 Å². The summed E-state index contributed by atoms with van der Waals surface area (Å²) in [5.74, 6) is 0.570. The van der Waals surface area contributed by atoms with Gasteiger partial charge in [-0.2, -0.15) is 0 Å². The molecule has 1 aromatic carbocycles. The topological polar surface area (TPSA) is 62.0 Å². The Labute approximate surface area is 102 Å². The summed E-state index contributed by atoms with van der Waals surface area (Å²) in [5.41, 5.74) is 0.816. The van der Waals surface area contributed by atoms with Gasteiger partial charge in [-0.3, -0.25) is 0 Å². The lowest BCUT2D eigenvalue weighted by Crippen LogP contribution is -2.01. The Kier molecular flexibility index (Phi) is 3.30. The minimum Gasteiger partial charge on any atom is -0.507 e. The third-order valence-electron chi connectivity index (χ3n) is 2.31. The number of thiophene rings is 1. The number of aromatic hydroxyl groups is 1. The summed E-state index contributed by atoms with van der Waals surface area (Å²) in [6, 6.07) is 8.51. The molecular formula is C12H11NO3S. The van der Waals surface area contributed by atoms with Crippen molar-refractivity contribution in [1.82, 2.24) is 0 Å². The molecule has 0 radical (unpaired) electrons. The molecule has 0 fully saturated rings. The number of oxime groups is 1. The highest BCUT2D eigenvalue weighted by Gasteiger charge is 2.13. The zero-order valence-corrected chi connectivity index (χ0v) is 9.94. The number of methoxy groups -OCH3 is 1. The highest BCUT2D eigenvalue weighted by Crippen LogP contribution is 2.27. The molecule has 5 heteroatoms. The average Bonchev–Trinajstić information content (AvgIpc) is 2.85. The van der Waals surface area contributed by atoms with Gasteiger partial charge in [-0.05, 0) is 23.6 Å². The summed E-state index contributed by atoms with van der Waals surface area (Å²) in [6.45, 7) is 0. The Morgan fingerprint density at radius 2 is 2.18 bits per heavy atom. The summed E-state index contributed by atoms with van der Waals surface area (Å²) >= 11 is 1.44. The molecule has 1 aromatic heterocycles. The number of phenols is 1. The van der Waals surface area contributed by atoms with Crippen LogP contribution in [-0.4, -0.2) is 23.1 Å². The SMILES string of the molecule is COc1ccc(/C(=N/O)c2cccs2)c(O)c1. The third kappa shape index (κ3) is 2.24. The maximum atomic E-state index is 9.86. The van der Waals surface area contributed by atoms with Crippen molar-refractivity contribution in [1.29, 1.82) is 0 Å². The Balaban J connectivity index is 2.46. The van der Waals surface area contributed by atoms with Gasteiger partial charge in [0.05, 0.1) is 12.0 Å². The fourth-order valence-electron chi connectivity index (χ4n) is 1.49. The molecule has 0 saturated heterocycles. The average molecular weight is 249 g/mol. The van der Waals surface area contributed by atoms with Crippen molar-refractivity contribution in [2.24, 2.45) is 5.16 Å². The van der Waals surface area contributed by atoms with Crippen LogP contribution in [0.1, 0.15) is 10.4 Å². The predicted octanol–water partition coefficient (Wildman–Crippen LogP) is 2.69. The van der Waals surface area contributed by atoms with Crippen molar-refractivity contribution >= 4 is 17.0 Å². The summed E-state index contributed by atoms with van der Waals surface area (Å²) in [6.07, 6.45) is 0. The lowest BCUT2D eigenvalue weighted by Gasteiger charge is -2.07. The molecular weight excluding hydrogens is 238 g/mol. The van der Waals surface area contributed by atoms with Crippen LogP contribution in [0.3, 0.4) is 0 Å².